The molecule has 0 radical (unpaired) electrons. The molecule has 0 saturated heterocycles. The molecule has 0 spiro atoms. The van der Waals surface area contributed by atoms with Crippen LogP contribution in [-0.4, -0.2) is 33.1 Å². The van der Waals surface area contributed by atoms with Gasteiger partial charge in [-0.15, -0.1) is 0 Å². The van der Waals surface area contributed by atoms with Gasteiger partial charge in [0.1, 0.15) is 21.7 Å². The molecular weight excluding hydrogens is 334 g/mol. The van der Waals surface area contributed by atoms with E-state index in [9.17, 15) is 8.42 Å². The number of ether oxygens (including phenoxy) is 1. The van der Waals surface area contributed by atoms with Gasteiger partial charge in [-0.3, -0.25) is 0 Å². The Balaban J connectivity index is 1.47. The van der Waals surface area contributed by atoms with Gasteiger partial charge in [0.25, 0.3) is 0 Å². The Morgan fingerprint density at radius 3 is 2.56 bits per heavy atom. The third-order valence-corrected chi connectivity index (χ3v) is 5.62. The lowest BCUT2D eigenvalue weighted by Gasteiger charge is -2.13. The molecule has 134 valence electrons. The highest BCUT2D eigenvalue weighted by Crippen LogP contribution is 2.27. The minimum atomic E-state index is -2.95. The first-order valence-corrected chi connectivity index (χ1v) is 10.7. The summed E-state index contributed by atoms with van der Waals surface area (Å²) in [5.41, 5.74) is 3.52. The average molecular weight is 359 g/mol. The summed E-state index contributed by atoms with van der Waals surface area (Å²) in [6, 6.07) is 16.4. The van der Waals surface area contributed by atoms with E-state index in [0.717, 1.165) is 30.8 Å². The van der Waals surface area contributed by atoms with Crippen LogP contribution in [0.5, 0.6) is 5.75 Å². The standard InChI is InChI=1S/C20H25NO3S/c1-15(14-25(2,22)23)17-9-7-16(8-10-17)12-21-13-19-11-18-5-3-4-6-20(18)24-19/h3-10,15,19,21H,11-14H2,1-2H3/t15-,19?/m0/s1. The van der Waals surface area contributed by atoms with Gasteiger partial charge in [0.05, 0.1) is 5.75 Å². The van der Waals surface area contributed by atoms with Crippen molar-refractivity contribution >= 4 is 9.84 Å². The lowest BCUT2D eigenvalue weighted by molar-refractivity contribution is 0.227. The first-order chi connectivity index (χ1) is 11.9. The van der Waals surface area contributed by atoms with Crippen molar-refractivity contribution in [2.75, 3.05) is 18.6 Å². The molecule has 4 nitrogen and oxygen atoms in total. The molecule has 0 saturated carbocycles. The molecule has 0 bridgehead atoms. The molecule has 1 heterocycles. The fraction of sp³-hybridized carbons (Fsp3) is 0.400. The fourth-order valence-electron chi connectivity index (χ4n) is 3.26. The first kappa shape index (κ1) is 18.0. The van der Waals surface area contributed by atoms with E-state index in [1.54, 1.807) is 0 Å². The van der Waals surface area contributed by atoms with Crippen molar-refractivity contribution in [2.45, 2.75) is 31.9 Å². The average Bonchev–Trinajstić information content (AvgIpc) is 2.96. The second-order valence-electron chi connectivity index (χ2n) is 6.92. The van der Waals surface area contributed by atoms with Crippen molar-refractivity contribution in [2.24, 2.45) is 0 Å². The number of hydrogen-bond donors (Lipinski definition) is 1. The first-order valence-electron chi connectivity index (χ1n) is 8.62. The van der Waals surface area contributed by atoms with E-state index in [1.165, 1.54) is 17.4 Å². The van der Waals surface area contributed by atoms with Gasteiger partial charge in [0, 0.05) is 25.8 Å². The summed E-state index contributed by atoms with van der Waals surface area (Å²) in [6.45, 7) is 3.53. The topological polar surface area (TPSA) is 55.4 Å². The minimum Gasteiger partial charge on any atom is -0.488 e. The van der Waals surface area contributed by atoms with Gasteiger partial charge in [0.15, 0.2) is 0 Å². The molecule has 1 unspecified atom stereocenters. The van der Waals surface area contributed by atoms with Crippen LogP contribution in [0.25, 0.3) is 0 Å². The second-order valence-corrected chi connectivity index (χ2v) is 9.10. The zero-order chi connectivity index (χ0) is 17.9. The summed E-state index contributed by atoms with van der Waals surface area (Å²) in [5.74, 6) is 1.20. The smallest absolute Gasteiger partial charge is 0.148 e. The minimum absolute atomic E-state index is 0.0161. The van der Waals surface area contributed by atoms with Crippen LogP contribution in [-0.2, 0) is 22.8 Å². The van der Waals surface area contributed by atoms with Crippen molar-refractivity contribution in [1.29, 1.82) is 0 Å². The Morgan fingerprint density at radius 2 is 1.88 bits per heavy atom. The van der Waals surface area contributed by atoms with Gasteiger partial charge in [-0.1, -0.05) is 49.4 Å². The maximum absolute atomic E-state index is 11.4. The van der Waals surface area contributed by atoms with Crippen LogP contribution >= 0.6 is 0 Å². The molecule has 1 N–H and O–H groups in total. The van der Waals surface area contributed by atoms with E-state index < -0.39 is 9.84 Å². The van der Waals surface area contributed by atoms with Crippen LogP contribution in [0, 0.1) is 0 Å². The van der Waals surface area contributed by atoms with Crippen LogP contribution < -0.4 is 10.1 Å². The predicted octanol–water partition coefficient (Wildman–Crippen LogP) is 2.93. The van der Waals surface area contributed by atoms with Crippen LogP contribution in [0.2, 0.25) is 0 Å². The molecule has 5 heteroatoms. The lowest BCUT2D eigenvalue weighted by atomic mass is 10.0. The number of benzene rings is 2. The third kappa shape index (κ3) is 5.06. The molecule has 2 aromatic carbocycles. The van der Waals surface area contributed by atoms with Crippen LogP contribution in [0.4, 0.5) is 0 Å². The Morgan fingerprint density at radius 1 is 1.16 bits per heavy atom. The van der Waals surface area contributed by atoms with Crippen molar-refractivity contribution in [1.82, 2.24) is 5.32 Å². The zero-order valence-electron chi connectivity index (χ0n) is 14.7. The predicted molar refractivity (Wildman–Crippen MR) is 101 cm³/mol. The number of nitrogens with one attached hydrogen (secondary N) is 1. The summed E-state index contributed by atoms with van der Waals surface area (Å²) < 4.78 is 28.7. The van der Waals surface area contributed by atoms with Crippen molar-refractivity contribution in [3.63, 3.8) is 0 Å². The highest BCUT2D eigenvalue weighted by atomic mass is 32.2. The van der Waals surface area contributed by atoms with E-state index in [4.69, 9.17) is 4.74 Å². The lowest BCUT2D eigenvalue weighted by Crippen LogP contribution is -2.29. The summed E-state index contributed by atoms with van der Waals surface area (Å²) in [6.07, 6.45) is 2.42. The maximum atomic E-state index is 11.4. The Bertz CT molecular complexity index is 790. The van der Waals surface area contributed by atoms with E-state index in [-0.39, 0.29) is 17.8 Å². The maximum Gasteiger partial charge on any atom is 0.148 e. The summed E-state index contributed by atoms with van der Waals surface area (Å²) in [4.78, 5) is 0. The van der Waals surface area contributed by atoms with Gasteiger partial charge in [-0.2, -0.15) is 0 Å². The van der Waals surface area contributed by atoms with Crippen LogP contribution in [0.1, 0.15) is 29.5 Å². The van der Waals surface area contributed by atoms with Crippen molar-refractivity contribution in [3.05, 3.63) is 65.2 Å². The second kappa shape index (κ2) is 7.58. The molecule has 1 aliphatic rings. The summed E-state index contributed by atoms with van der Waals surface area (Å²) >= 11 is 0. The van der Waals surface area contributed by atoms with Gasteiger partial charge in [-0.25, -0.2) is 8.42 Å². The molecule has 1 aliphatic heterocycles. The number of hydrogen-bond acceptors (Lipinski definition) is 4. The van der Waals surface area contributed by atoms with Gasteiger partial charge < -0.3 is 10.1 Å². The van der Waals surface area contributed by atoms with Gasteiger partial charge in [-0.05, 0) is 28.7 Å². The SMILES string of the molecule is C[C@@H](CS(C)(=O)=O)c1ccc(CNCC2Cc3ccccc3O2)cc1. The Hall–Kier alpha value is -1.85. The highest BCUT2D eigenvalue weighted by molar-refractivity contribution is 7.90. The molecule has 3 rings (SSSR count). The van der Waals surface area contributed by atoms with Gasteiger partial charge >= 0.3 is 0 Å². The van der Waals surface area contributed by atoms with Crippen molar-refractivity contribution in [3.8, 4) is 5.75 Å². The number of fused-ring (bicyclic) bond motifs is 1. The molecule has 0 aromatic heterocycles. The molecular formula is C20H25NO3S. The van der Waals surface area contributed by atoms with Crippen LogP contribution in [0.3, 0.4) is 0 Å². The normalized spacial score (nSPS) is 17.8. The molecule has 2 atom stereocenters. The summed E-state index contributed by atoms with van der Waals surface area (Å²) in [7, 11) is -2.95. The number of para-hydroxylation sites is 1. The number of rotatable bonds is 7. The van der Waals surface area contributed by atoms with Crippen molar-refractivity contribution < 1.29 is 13.2 Å². The van der Waals surface area contributed by atoms with Crippen LogP contribution in [0.15, 0.2) is 48.5 Å². The molecule has 25 heavy (non-hydrogen) atoms. The quantitative estimate of drug-likeness (QED) is 0.826. The third-order valence-electron chi connectivity index (χ3n) is 4.52. The van der Waals surface area contributed by atoms with E-state index in [0.29, 0.717) is 0 Å². The highest BCUT2D eigenvalue weighted by Gasteiger charge is 2.21. The Labute approximate surface area is 150 Å². The fourth-order valence-corrected chi connectivity index (χ4v) is 4.36. The monoisotopic (exact) mass is 359 g/mol. The molecule has 0 fully saturated rings. The zero-order valence-corrected chi connectivity index (χ0v) is 15.6. The molecule has 0 amide bonds. The van der Waals surface area contributed by atoms with Gasteiger partial charge in [0.2, 0.25) is 0 Å². The largest absolute Gasteiger partial charge is 0.488 e. The van der Waals surface area contributed by atoms with E-state index in [2.05, 4.69) is 23.5 Å². The summed E-state index contributed by atoms with van der Waals surface area (Å²) in [5, 5.41) is 3.44. The van der Waals surface area contributed by atoms with E-state index in [1.807, 2.05) is 37.3 Å². The molecule has 2 aromatic rings. The van der Waals surface area contributed by atoms with E-state index >= 15 is 0 Å². The molecule has 0 aliphatic carbocycles. The number of sulfone groups is 1. The Kier molecular flexibility index (Phi) is 5.45.